The molecule has 0 radical (unpaired) electrons. The molecule has 13 heavy (non-hydrogen) atoms. The fraction of sp³-hybridized carbons (Fsp3) is 0.500. The Morgan fingerprint density at radius 1 is 1.15 bits per heavy atom. The van der Waals surface area contributed by atoms with Gasteiger partial charge in [-0.05, 0) is 30.9 Å². The number of fused-ring (bicyclic) bond motifs is 1. The quantitative estimate of drug-likeness (QED) is 0.638. The fourth-order valence-corrected chi connectivity index (χ4v) is 1.94. The minimum atomic E-state index is 0.504. The van der Waals surface area contributed by atoms with Crippen molar-refractivity contribution in [2.75, 3.05) is 5.32 Å². The largest absolute Gasteiger partial charge is 0.379 e. The molecule has 1 spiro atoms. The Morgan fingerprint density at radius 2 is 1.85 bits per heavy atom. The third-order valence-electron chi connectivity index (χ3n) is 2.80. The number of hydrogen-bond donors (Lipinski definition) is 1. The van der Waals surface area contributed by atoms with Gasteiger partial charge in [0.2, 0.25) is 0 Å². The van der Waals surface area contributed by atoms with Crippen molar-refractivity contribution in [3.8, 4) is 0 Å². The van der Waals surface area contributed by atoms with E-state index in [2.05, 4.69) is 29.6 Å². The van der Waals surface area contributed by atoms with Crippen LogP contribution in [0.1, 0.15) is 32.3 Å². The Labute approximate surface area is 80.2 Å². The standard InChI is InChI=1S/C10H11N.C2H6/c1-2-4-9-8(3-1)7-10(11-9)5-6-10;1-2/h1-4,11H,5-7H2;1-2H3. The van der Waals surface area contributed by atoms with E-state index in [1.165, 1.54) is 30.5 Å². The molecule has 0 bridgehead atoms. The van der Waals surface area contributed by atoms with Crippen LogP contribution in [0.5, 0.6) is 0 Å². The molecule has 0 saturated heterocycles. The first-order valence-corrected chi connectivity index (χ1v) is 5.24. The molecule has 70 valence electrons. The van der Waals surface area contributed by atoms with Crippen LogP contribution in [0.4, 0.5) is 5.69 Å². The number of rotatable bonds is 0. The molecule has 2 aliphatic rings. The van der Waals surface area contributed by atoms with Crippen LogP contribution < -0.4 is 5.32 Å². The van der Waals surface area contributed by atoms with E-state index in [-0.39, 0.29) is 0 Å². The van der Waals surface area contributed by atoms with Crippen molar-refractivity contribution in [3.05, 3.63) is 29.8 Å². The highest BCUT2D eigenvalue weighted by molar-refractivity contribution is 5.60. The van der Waals surface area contributed by atoms with Crippen molar-refractivity contribution in [2.24, 2.45) is 0 Å². The normalized spacial score (nSPS) is 19.8. The van der Waals surface area contributed by atoms with Crippen molar-refractivity contribution < 1.29 is 0 Å². The Hall–Kier alpha value is -0.980. The number of benzene rings is 1. The molecular weight excluding hydrogens is 158 g/mol. The van der Waals surface area contributed by atoms with Gasteiger partial charge in [-0.25, -0.2) is 0 Å². The summed E-state index contributed by atoms with van der Waals surface area (Å²) >= 11 is 0. The molecular formula is C12H17N. The number of nitrogens with one attached hydrogen (secondary N) is 1. The van der Waals surface area contributed by atoms with Gasteiger partial charge in [-0.3, -0.25) is 0 Å². The molecule has 0 aromatic heterocycles. The van der Waals surface area contributed by atoms with Gasteiger partial charge in [-0.2, -0.15) is 0 Å². The van der Waals surface area contributed by atoms with Crippen LogP contribution >= 0.6 is 0 Å². The summed E-state index contributed by atoms with van der Waals surface area (Å²) in [5, 5.41) is 3.58. The highest BCUT2D eigenvalue weighted by Gasteiger charge is 2.46. The van der Waals surface area contributed by atoms with E-state index >= 15 is 0 Å². The van der Waals surface area contributed by atoms with E-state index in [0.717, 1.165) is 0 Å². The molecule has 1 saturated carbocycles. The zero-order valence-corrected chi connectivity index (χ0v) is 8.43. The van der Waals surface area contributed by atoms with E-state index < -0.39 is 0 Å². The molecule has 0 amide bonds. The van der Waals surface area contributed by atoms with Gasteiger partial charge >= 0.3 is 0 Å². The molecule has 1 aliphatic heterocycles. The summed E-state index contributed by atoms with van der Waals surface area (Å²) in [6, 6.07) is 8.65. The molecule has 3 rings (SSSR count). The van der Waals surface area contributed by atoms with Crippen LogP contribution in [0.15, 0.2) is 24.3 Å². The number of para-hydroxylation sites is 1. The molecule has 1 aliphatic carbocycles. The summed E-state index contributed by atoms with van der Waals surface area (Å²) in [6.07, 6.45) is 3.98. The second-order valence-corrected chi connectivity index (χ2v) is 3.74. The monoisotopic (exact) mass is 175 g/mol. The first-order valence-electron chi connectivity index (χ1n) is 5.24. The summed E-state index contributed by atoms with van der Waals surface area (Å²) in [6.45, 7) is 4.00. The number of hydrogen-bond acceptors (Lipinski definition) is 1. The lowest BCUT2D eigenvalue weighted by Gasteiger charge is -2.05. The highest BCUT2D eigenvalue weighted by Crippen LogP contribution is 2.47. The minimum absolute atomic E-state index is 0.504. The van der Waals surface area contributed by atoms with Gasteiger partial charge in [0.05, 0.1) is 0 Å². The maximum absolute atomic E-state index is 3.58. The molecule has 1 nitrogen and oxygen atoms in total. The van der Waals surface area contributed by atoms with Crippen LogP contribution in [0.25, 0.3) is 0 Å². The second-order valence-electron chi connectivity index (χ2n) is 3.74. The van der Waals surface area contributed by atoms with Gasteiger partial charge in [0.25, 0.3) is 0 Å². The predicted octanol–water partition coefficient (Wildman–Crippen LogP) is 3.21. The van der Waals surface area contributed by atoms with Crippen molar-refractivity contribution in [1.82, 2.24) is 0 Å². The van der Waals surface area contributed by atoms with Crippen molar-refractivity contribution >= 4 is 5.69 Å². The maximum atomic E-state index is 3.58. The summed E-state index contributed by atoms with van der Waals surface area (Å²) in [7, 11) is 0. The van der Waals surface area contributed by atoms with Gasteiger partial charge in [-0.15, -0.1) is 0 Å². The van der Waals surface area contributed by atoms with Crippen LogP contribution in [0, 0.1) is 0 Å². The Kier molecular flexibility index (Phi) is 2.03. The first kappa shape index (κ1) is 8.61. The van der Waals surface area contributed by atoms with E-state index in [1.54, 1.807) is 0 Å². The van der Waals surface area contributed by atoms with Crippen LogP contribution in [0.2, 0.25) is 0 Å². The molecule has 1 fully saturated rings. The van der Waals surface area contributed by atoms with Gasteiger partial charge < -0.3 is 5.32 Å². The highest BCUT2D eigenvalue weighted by atomic mass is 15.1. The molecule has 1 aromatic carbocycles. The zero-order valence-electron chi connectivity index (χ0n) is 8.43. The summed E-state index contributed by atoms with van der Waals surface area (Å²) in [4.78, 5) is 0. The second kappa shape index (κ2) is 3.06. The van der Waals surface area contributed by atoms with Gasteiger partial charge in [0, 0.05) is 11.2 Å². The average Bonchev–Trinajstić information content (AvgIpc) is 2.82. The van der Waals surface area contributed by atoms with E-state index in [1.807, 2.05) is 13.8 Å². The third kappa shape index (κ3) is 1.43. The van der Waals surface area contributed by atoms with Crippen molar-refractivity contribution in [3.63, 3.8) is 0 Å². The van der Waals surface area contributed by atoms with E-state index in [0.29, 0.717) is 5.54 Å². The van der Waals surface area contributed by atoms with Crippen molar-refractivity contribution in [1.29, 1.82) is 0 Å². The molecule has 1 N–H and O–H groups in total. The summed E-state index contributed by atoms with van der Waals surface area (Å²) in [5.74, 6) is 0. The first-order chi connectivity index (χ1) is 6.38. The average molecular weight is 175 g/mol. The van der Waals surface area contributed by atoms with Crippen LogP contribution in [-0.2, 0) is 6.42 Å². The SMILES string of the molecule is CC.c1ccc2c(c1)CC1(CC1)N2. The van der Waals surface area contributed by atoms with E-state index in [4.69, 9.17) is 0 Å². The molecule has 1 heterocycles. The molecule has 0 atom stereocenters. The fourth-order valence-electron chi connectivity index (χ4n) is 1.94. The molecule has 0 unspecified atom stereocenters. The Morgan fingerprint density at radius 3 is 2.46 bits per heavy atom. The maximum Gasteiger partial charge on any atom is 0.0416 e. The minimum Gasteiger partial charge on any atom is -0.379 e. The zero-order chi connectivity index (χ0) is 9.31. The summed E-state index contributed by atoms with van der Waals surface area (Å²) < 4.78 is 0. The van der Waals surface area contributed by atoms with Crippen LogP contribution in [0.3, 0.4) is 0 Å². The molecule has 1 heteroatoms. The smallest absolute Gasteiger partial charge is 0.0416 e. The Balaban J connectivity index is 0.000000308. The summed E-state index contributed by atoms with van der Waals surface area (Å²) in [5.41, 5.74) is 3.37. The van der Waals surface area contributed by atoms with Gasteiger partial charge in [0.15, 0.2) is 0 Å². The lowest BCUT2D eigenvalue weighted by Crippen LogP contribution is -2.15. The topological polar surface area (TPSA) is 12.0 Å². The van der Waals surface area contributed by atoms with Gasteiger partial charge in [-0.1, -0.05) is 32.0 Å². The third-order valence-corrected chi connectivity index (χ3v) is 2.80. The number of anilines is 1. The van der Waals surface area contributed by atoms with Crippen molar-refractivity contribution in [2.45, 2.75) is 38.6 Å². The van der Waals surface area contributed by atoms with Gasteiger partial charge in [0.1, 0.15) is 0 Å². The molecule has 1 aromatic rings. The Bertz CT molecular complexity index is 273. The van der Waals surface area contributed by atoms with Crippen LogP contribution in [-0.4, -0.2) is 5.54 Å². The lowest BCUT2D eigenvalue weighted by molar-refractivity contribution is 0.771. The van der Waals surface area contributed by atoms with E-state index in [9.17, 15) is 0 Å². The predicted molar refractivity (Wildman–Crippen MR) is 57.1 cm³/mol. The lowest BCUT2D eigenvalue weighted by atomic mass is 10.1.